The van der Waals surface area contributed by atoms with Gasteiger partial charge in [-0.25, -0.2) is 0 Å². The SMILES string of the molecule is Cc1cnn(C[C@@H]2CCCN2[C@@H](C)C(=O)N2CCOCC2)c1. The van der Waals surface area contributed by atoms with Gasteiger partial charge in [-0.3, -0.25) is 14.4 Å². The summed E-state index contributed by atoms with van der Waals surface area (Å²) in [5.41, 5.74) is 1.18. The van der Waals surface area contributed by atoms with Crippen molar-refractivity contribution in [2.45, 2.75) is 45.3 Å². The summed E-state index contributed by atoms with van der Waals surface area (Å²) in [6, 6.07) is 0.349. The van der Waals surface area contributed by atoms with Crippen LogP contribution in [0.2, 0.25) is 0 Å². The minimum absolute atomic E-state index is 0.0535. The molecule has 1 aromatic heterocycles. The van der Waals surface area contributed by atoms with E-state index >= 15 is 0 Å². The highest BCUT2D eigenvalue weighted by atomic mass is 16.5. The maximum absolute atomic E-state index is 12.7. The van der Waals surface area contributed by atoms with Gasteiger partial charge in [-0.15, -0.1) is 0 Å². The largest absolute Gasteiger partial charge is 0.378 e. The van der Waals surface area contributed by atoms with Crippen molar-refractivity contribution >= 4 is 5.91 Å². The molecule has 0 spiro atoms. The highest BCUT2D eigenvalue weighted by Crippen LogP contribution is 2.22. The Morgan fingerprint density at radius 2 is 2.18 bits per heavy atom. The number of hydrogen-bond acceptors (Lipinski definition) is 4. The van der Waals surface area contributed by atoms with Crippen LogP contribution in [0.5, 0.6) is 0 Å². The second kappa shape index (κ2) is 6.79. The molecular formula is C16H26N4O2. The van der Waals surface area contributed by atoms with Crippen molar-refractivity contribution in [3.8, 4) is 0 Å². The lowest BCUT2D eigenvalue weighted by molar-refractivity contribution is -0.141. The number of carbonyl (C=O) groups excluding carboxylic acids is 1. The molecule has 3 rings (SSSR count). The molecule has 0 N–H and O–H groups in total. The third-order valence-electron chi connectivity index (χ3n) is 4.76. The van der Waals surface area contributed by atoms with E-state index in [0.29, 0.717) is 19.3 Å². The summed E-state index contributed by atoms with van der Waals surface area (Å²) in [6.07, 6.45) is 6.26. The van der Waals surface area contributed by atoms with Crippen molar-refractivity contribution in [1.29, 1.82) is 0 Å². The van der Waals surface area contributed by atoms with Gasteiger partial charge in [0.1, 0.15) is 0 Å². The molecule has 2 saturated heterocycles. The molecule has 0 radical (unpaired) electrons. The van der Waals surface area contributed by atoms with Crippen molar-refractivity contribution in [3.05, 3.63) is 18.0 Å². The van der Waals surface area contributed by atoms with E-state index in [-0.39, 0.29) is 11.9 Å². The molecule has 6 nitrogen and oxygen atoms in total. The fraction of sp³-hybridized carbons (Fsp3) is 0.750. The quantitative estimate of drug-likeness (QED) is 0.829. The van der Waals surface area contributed by atoms with Gasteiger partial charge in [0.05, 0.1) is 32.0 Å². The zero-order valence-electron chi connectivity index (χ0n) is 13.6. The second-order valence-electron chi connectivity index (χ2n) is 6.39. The van der Waals surface area contributed by atoms with Gasteiger partial charge in [0, 0.05) is 25.3 Å². The van der Waals surface area contributed by atoms with Gasteiger partial charge >= 0.3 is 0 Å². The molecule has 2 aliphatic rings. The second-order valence-corrected chi connectivity index (χ2v) is 6.39. The van der Waals surface area contributed by atoms with Gasteiger partial charge < -0.3 is 9.64 Å². The molecule has 0 unspecified atom stereocenters. The molecule has 1 aromatic rings. The number of aromatic nitrogens is 2. The Morgan fingerprint density at radius 3 is 2.86 bits per heavy atom. The van der Waals surface area contributed by atoms with Gasteiger partial charge in [-0.2, -0.15) is 5.10 Å². The smallest absolute Gasteiger partial charge is 0.239 e. The average molecular weight is 306 g/mol. The summed E-state index contributed by atoms with van der Waals surface area (Å²) < 4.78 is 7.34. The Labute approximate surface area is 132 Å². The maximum Gasteiger partial charge on any atom is 0.239 e. The van der Waals surface area contributed by atoms with Crippen molar-refractivity contribution in [2.24, 2.45) is 0 Å². The minimum atomic E-state index is -0.0535. The molecule has 2 atom stereocenters. The first kappa shape index (κ1) is 15.5. The van der Waals surface area contributed by atoms with Crippen LogP contribution < -0.4 is 0 Å². The molecule has 0 bridgehead atoms. The first-order valence-corrected chi connectivity index (χ1v) is 8.26. The monoisotopic (exact) mass is 306 g/mol. The maximum atomic E-state index is 12.7. The summed E-state index contributed by atoms with van der Waals surface area (Å²) in [4.78, 5) is 17.0. The van der Waals surface area contributed by atoms with Crippen molar-refractivity contribution in [3.63, 3.8) is 0 Å². The number of ether oxygens (including phenoxy) is 1. The minimum Gasteiger partial charge on any atom is -0.378 e. The van der Waals surface area contributed by atoms with E-state index in [1.54, 1.807) is 0 Å². The predicted molar refractivity (Wildman–Crippen MR) is 83.6 cm³/mol. The van der Waals surface area contributed by atoms with E-state index in [1.807, 2.05) is 22.7 Å². The van der Waals surface area contributed by atoms with Crippen LogP contribution >= 0.6 is 0 Å². The van der Waals surface area contributed by atoms with E-state index in [2.05, 4.69) is 23.1 Å². The van der Waals surface area contributed by atoms with E-state index in [9.17, 15) is 4.79 Å². The molecule has 122 valence electrons. The summed E-state index contributed by atoms with van der Waals surface area (Å²) in [5.74, 6) is 0.242. The fourth-order valence-corrected chi connectivity index (χ4v) is 3.54. The molecule has 6 heteroatoms. The molecular weight excluding hydrogens is 280 g/mol. The summed E-state index contributed by atoms with van der Waals surface area (Å²) in [7, 11) is 0. The molecule has 0 aromatic carbocycles. The van der Waals surface area contributed by atoms with Crippen LogP contribution in [0.25, 0.3) is 0 Å². The third kappa shape index (κ3) is 3.33. The Kier molecular flexibility index (Phi) is 4.78. The first-order valence-electron chi connectivity index (χ1n) is 8.26. The molecule has 22 heavy (non-hydrogen) atoms. The zero-order valence-corrected chi connectivity index (χ0v) is 13.6. The fourth-order valence-electron chi connectivity index (χ4n) is 3.54. The van der Waals surface area contributed by atoms with Crippen molar-refractivity contribution < 1.29 is 9.53 Å². The van der Waals surface area contributed by atoms with Crippen molar-refractivity contribution in [1.82, 2.24) is 19.6 Å². The average Bonchev–Trinajstić information content (AvgIpc) is 3.16. The molecule has 0 aliphatic carbocycles. The first-order chi connectivity index (χ1) is 10.6. The Morgan fingerprint density at radius 1 is 1.41 bits per heavy atom. The van der Waals surface area contributed by atoms with Crippen LogP contribution in [0.4, 0.5) is 0 Å². The van der Waals surface area contributed by atoms with Gasteiger partial charge in [-0.05, 0) is 38.8 Å². The number of amides is 1. The normalized spacial score (nSPS) is 24.6. The molecule has 0 saturated carbocycles. The Hall–Kier alpha value is -1.40. The molecule has 2 aliphatic heterocycles. The number of aryl methyl sites for hydroxylation is 1. The Balaban J connectivity index is 1.62. The van der Waals surface area contributed by atoms with Crippen LogP contribution in [0.15, 0.2) is 12.4 Å². The number of nitrogens with zero attached hydrogens (tertiary/aromatic N) is 4. The number of likely N-dealkylation sites (tertiary alicyclic amines) is 1. The van der Waals surface area contributed by atoms with Gasteiger partial charge in [0.2, 0.25) is 5.91 Å². The van der Waals surface area contributed by atoms with Gasteiger partial charge in [0.25, 0.3) is 0 Å². The number of rotatable bonds is 4. The van der Waals surface area contributed by atoms with E-state index in [1.165, 1.54) is 5.56 Å². The lowest BCUT2D eigenvalue weighted by atomic mass is 10.1. The number of carbonyl (C=O) groups is 1. The number of hydrogen-bond donors (Lipinski definition) is 0. The Bertz CT molecular complexity index is 510. The summed E-state index contributed by atoms with van der Waals surface area (Å²) >= 11 is 0. The summed E-state index contributed by atoms with van der Waals surface area (Å²) in [6.45, 7) is 8.74. The highest BCUT2D eigenvalue weighted by molar-refractivity contribution is 5.81. The highest BCUT2D eigenvalue weighted by Gasteiger charge is 2.34. The standard InChI is InChI=1S/C16H26N4O2/c1-13-10-17-19(11-13)12-15-4-3-5-20(15)14(2)16(21)18-6-8-22-9-7-18/h10-11,14-15H,3-9,12H2,1-2H3/t14-,15-/m0/s1. The molecule has 3 heterocycles. The topological polar surface area (TPSA) is 50.6 Å². The van der Waals surface area contributed by atoms with Crippen LogP contribution in [0.3, 0.4) is 0 Å². The van der Waals surface area contributed by atoms with E-state index in [0.717, 1.165) is 39.0 Å². The van der Waals surface area contributed by atoms with E-state index < -0.39 is 0 Å². The van der Waals surface area contributed by atoms with Crippen LogP contribution in [0, 0.1) is 6.92 Å². The zero-order chi connectivity index (χ0) is 15.5. The van der Waals surface area contributed by atoms with Crippen LogP contribution in [-0.4, -0.2) is 70.4 Å². The summed E-state index contributed by atoms with van der Waals surface area (Å²) in [5, 5.41) is 4.39. The third-order valence-corrected chi connectivity index (χ3v) is 4.76. The molecule has 2 fully saturated rings. The van der Waals surface area contributed by atoms with Crippen LogP contribution in [0.1, 0.15) is 25.3 Å². The van der Waals surface area contributed by atoms with Gasteiger partial charge in [-0.1, -0.05) is 0 Å². The van der Waals surface area contributed by atoms with Gasteiger partial charge in [0.15, 0.2) is 0 Å². The van der Waals surface area contributed by atoms with Crippen LogP contribution in [-0.2, 0) is 16.1 Å². The predicted octanol–water partition coefficient (Wildman–Crippen LogP) is 0.903. The lowest BCUT2D eigenvalue weighted by Crippen LogP contribution is -2.52. The molecule has 1 amide bonds. The van der Waals surface area contributed by atoms with Crippen molar-refractivity contribution in [2.75, 3.05) is 32.8 Å². The number of morpholine rings is 1. The lowest BCUT2D eigenvalue weighted by Gasteiger charge is -2.35. The van der Waals surface area contributed by atoms with E-state index in [4.69, 9.17) is 4.74 Å².